The molecule has 0 amide bonds. The van der Waals surface area contributed by atoms with Gasteiger partial charge in [-0.15, -0.1) is 0 Å². The third-order valence-electron chi connectivity index (χ3n) is 3.81. The monoisotopic (exact) mass is 167 g/mol. The van der Waals surface area contributed by atoms with Gasteiger partial charge < -0.3 is 5.32 Å². The van der Waals surface area contributed by atoms with E-state index in [2.05, 4.69) is 19.2 Å². The van der Waals surface area contributed by atoms with Crippen molar-refractivity contribution in [2.24, 2.45) is 11.8 Å². The molecule has 2 rings (SSSR count). The third-order valence-corrected chi connectivity index (χ3v) is 3.81. The smallest absolute Gasteiger partial charge is 0.00721 e. The van der Waals surface area contributed by atoms with Crippen LogP contribution in [0, 0.1) is 11.8 Å². The zero-order valence-corrected chi connectivity index (χ0v) is 8.34. The SMILES string of the molecule is CC1CC2CCCCC2C(C)N1. The summed E-state index contributed by atoms with van der Waals surface area (Å²) in [5, 5.41) is 3.68. The van der Waals surface area contributed by atoms with Gasteiger partial charge in [0, 0.05) is 12.1 Å². The fraction of sp³-hybridized carbons (Fsp3) is 1.00. The van der Waals surface area contributed by atoms with E-state index in [0.29, 0.717) is 0 Å². The van der Waals surface area contributed by atoms with Crippen LogP contribution in [0.25, 0.3) is 0 Å². The zero-order valence-electron chi connectivity index (χ0n) is 8.34. The van der Waals surface area contributed by atoms with Gasteiger partial charge in [0.25, 0.3) is 0 Å². The summed E-state index contributed by atoms with van der Waals surface area (Å²) in [4.78, 5) is 0. The van der Waals surface area contributed by atoms with Gasteiger partial charge in [0.05, 0.1) is 0 Å². The lowest BCUT2D eigenvalue weighted by atomic mass is 9.70. The first-order valence-electron chi connectivity index (χ1n) is 5.53. The fourth-order valence-corrected chi connectivity index (χ4v) is 3.28. The van der Waals surface area contributed by atoms with Crippen molar-refractivity contribution in [1.82, 2.24) is 5.32 Å². The van der Waals surface area contributed by atoms with E-state index in [0.717, 1.165) is 23.9 Å². The number of nitrogens with one attached hydrogen (secondary N) is 1. The van der Waals surface area contributed by atoms with Crippen LogP contribution >= 0.6 is 0 Å². The van der Waals surface area contributed by atoms with E-state index >= 15 is 0 Å². The van der Waals surface area contributed by atoms with Gasteiger partial charge in [-0.05, 0) is 38.5 Å². The van der Waals surface area contributed by atoms with Gasteiger partial charge in [0.1, 0.15) is 0 Å². The van der Waals surface area contributed by atoms with Gasteiger partial charge in [-0.3, -0.25) is 0 Å². The Hall–Kier alpha value is -0.0400. The maximum Gasteiger partial charge on any atom is 0.00721 e. The van der Waals surface area contributed by atoms with Crippen molar-refractivity contribution < 1.29 is 0 Å². The van der Waals surface area contributed by atoms with Crippen LogP contribution < -0.4 is 5.32 Å². The van der Waals surface area contributed by atoms with Crippen molar-refractivity contribution in [1.29, 1.82) is 0 Å². The van der Waals surface area contributed by atoms with Gasteiger partial charge in [0.2, 0.25) is 0 Å². The molecule has 1 N–H and O–H groups in total. The van der Waals surface area contributed by atoms with Crippen molar-refractivity contribution in [3.8, 4) is 0 Å². The maximum atomic E-state index is 3.68. The molecule has 1 heteroatoms. The topological polar surface area (TPSA) is 12.0 Å². The summed E-state index contributed by atoms with van der Waals surface area (Å²) >= 11 is 0. The van der Waals surface area contributed by atoms with Crippen LogP contribution in [0.2, 0.25) is 0 Å². The normalized spacial score (nSPS) is 48.5. The summed E-state index contributed by atoms with van der Waals surface area (Å²) in [5.41, 5.74) is 0. The molecule has 2 aliphatic rings. The van der Waals surface area contributed by atoms with E-state index in [-0.39, 0.29) is 0 Å². The first-order chi connectivity index (χ1) is 5.77. The summed E-state index contributed by atoms with van der Waals surface area (Å²) in [6.45, 7) is 4.71. The number of hydrogen-bond donors (Lipinski definition) is 1. The van der Waals surface area contributed by atoms with Crippen LogP contribution in [0.1, 0.15) is 46.0 Å². The summed E-state index contributed by atoms with van der Waals surface area (Å²) < 4.78 is 0. The van der Waals surface area contributed by atoms with E-state index in [1.807, 2.05) is 0 Å². The highest BCUT2D eigenvalue weighted by Crippen LogP contribution is 2.37. The highest BCUT2D eigenvalue weighted by atomic mass is 15.0. The van der Waals surface area contributed by atoms with Crippen molar-refractivity contribution in [2.45, 2.75) is 58.0 Å². The summed E-state index contributed by atoms with van der Waals surface area (Å²) in [6, 6.07) is 1.54. The first kappa shape index (κ1) is 8.55. The van der Waals surface area contributed by atoms with Crippen LogP contribution in [-0.4, -0.2) is 12.1 Å². The quantitative estimate of drug-likeness (QED) is 0.584. The molecule has 1 aliphatic heterocycles. The molecular formula is C11H21N. The number of hydrogen-bond acceptors (Lipinski definition) is 1. The van der Waals surface area contributed by atoms with Gasteiger partial charge in [-0.1, -0.05) is 19.3 Å². The molecule has 4 atom stereocenters. The zero-order chi connectivity index (χ0) is 8.55. The molecule has 1 saturated heterocycles. The van der Waals surface area contributed by atoms with Crippen LogP contribution in [0.4, 0.5) is 0 Å². The van der Waals surface area contributed by atoms with Crippen LogP contribution in [0.3, 0.4) is 0 Å². The van der Waals surface area contributed by atoms with Crippen LogP contribution in [-0.2, 0) is 0 Å². The molecular weight excluding hydrogens is 146 g/mol. The van der Waals surface area contributed by atoms with E-state index < -0.39 is 0 Å². The average molecular weight is 167 g/mol. The number of rotatable bonds is 0. The van der Waals surface area contributed by atoms with Crippen molar-refractivity contribution in [2.75, 3.05) is 0 Å². The second kappa shape index (κ2) is 3.37. The Balaban J connectivity index is 2.01. The Kier molecular flexibility index (Phi) is 2.40. The van der Waals surface area contributed by atoms with Crippen molar-refractivity contribution in [3.05, 3.63) is 0 Å². The summed E-state index contributed by atoms with van der Waals surface area (Å²) in [7, 11) is 0. The Morgan fingerprint density at radius 2 is 1.83 bits per heavy atom. The Bertz CT molecular complexity index is 155. The predicted molar refractivity (Wildman–Crippen MR) is 52.1 cm³/mol. The van der Waals surface area contributed by atoms with Gasteiger partial charge in [-0.2, -0.15) is 0 Å². The molecule has 0 aromatic carbocycles. The van der Waals surface area contributed by atoms with Gasteiger partial charge in [0.15, 0.2) is 0 Å². The molecule has 0 spiro atoms. The number of piperidine rings is 1. The lowest BCUT2D eigenvalue weighted by Gasteiger charge is -2.43. The van der Waals surface area contributed by atoms with Crippen molar-refractivity contribution >= 4 is 0 Å². The Morgan fingerprint density at radius 1 is 1.08 bits per heavy atom. The van der Waals surface area contributed by atoms with E-state index in [1.165, 1.54) is 32.1 Å². The molecule has 1 aliphatic carbocycles. The molecule has 1 heterocycles. The summed E-state index contributed by atoms with van der Waals surface area (Å²) in [6.07, 6.45) is 7.36. The minimum Gasteiger partial charge on any atom is -0.311 e. The minimum absolute atomic E-state index is 0.763. The van der Waals surface area contributed by atoms with Crippen LogP contribution in [0.5, 0.6) is 0 Å². The molecule has 2 fully saturated rings. The second-order valence-corrected chi connectivity index (χ2v) is 4.80. The Labute approximate surface area is 75.9 Å². The van der Waals surface area contributed by atoms with Crippen LogP contribution in [0.15, 0.2) is 0 Å². The van der Waals surface area contributed by atoms with E-state index in [9.17, 15) is 0 Å². The lowest BCUT2D eigenvalue weighted by molar-refractivity contribution is 0.117. The van der Waals surface area contributed by atoms with Gasteiger partial charge >= 0.3 is 0 Å². The molecule has 1 nitrogen and oxygen atoms in total. The highest BCUT2D eigenvalue weighted by Gasteiger charge is 2.34. The van der Waals surface area contributed by atoms with Crippen molar-refractivity contribution in [3.63, 3.8) is 0 Å². The predicted octanol–water partition coefficient (Wildman–Crippen LogP) is 2.56. The van der Waals surface area contributed by atoms with E-state index in [1.54, 1.807) is 0 Å². The molecule has 0 bridgehead atoms. The van der Waals surface area contributed by atoms with E-state index in [4.69, 9.17) is 0 Å². The third kappa shape index (κ3) is 1.52. The fourth-order valence-electron chi connectivity index (χ4n) is 3.28. The number of fused-ring (bicyclic) bond motifs is 1. The molecule has 70 valence electrons. The standard InChI is InChI=1S/C11H21N/c1-8-7-10-5-3-4-6-11(10)9(2)12-8/h8-12H,3-7H2,1-2H3. The van der Waals surface area contributed by atoms with Gasteiger partial charge in [-0.25, -0.2) is 0 Å². The molecule has 12 heavy (non-hydrogen) atoms. The average Bonchev–Trinajstić information content (AvgIpc) is 2.04. The maximum absolute atomic E-state index is 3.68. The molecule has 0 aromatic heterocycles. The lowest BCUT2D eigenvalue weighted by Crippen LogP contribution is -2.49. The largest absolute Gasteiger partial charge is 0.311 e. The first-order valence-corrected chi connectivity index (χ1v) is 5.53. The molecule has 1 saturated carbocycles. The highest BCUT2D eigenvalue weighted by molar-refractivity contribution is 4.90. The Morgan fingerprint density at radius 3 is 2.67 bits per heavy atom. The molecule has 0 radical (unpaired) electrons. The molecule has 0 aromatic rings. The minimum atomic E-state index is 0.763. The second-order valence-electron chi connectivity index (χ2n) is 4.80. The molecule has 4 unspecified atom stereocenters. The summed E-state index contributed by atoms with van der Waals surface area (Å²) in [5.74, 6) is 2.04.